The molecule has 0 unspecified atom stereocenters. The second kappa shape index (κ2) is 3.45. The van der Waals surface area contributed by atoms with Crippen LogP contribution in [0.25, 0.3) is 0 Å². The molecule has 2 N–H and O–H groups in total. The Balaban J connectivity index is 1.66. The summed E-state index contributed by atoms with van der Waals surface area (Å²) in [5.74, 6) is -1.10. The minimum atomic E-state index is -1.49. The summed E-state index contributed by atoms with van der Waals surface area (Å²) in [6.45, 7) is 0.294. The SMILES string of the molecule is N[C@@]12OC[C@@H](OC1=O)[C@H]1OC3(CCCCC3)O[C@H]12. The van der Waals surface area contributed by atoms with Gasteiger partial charge in [-0.05, 0) is 12.8 Å². The first-order valence-electron chi connectivity index (χ1n) is 6.63. The number of nitrogens with two attached hydrogens (primary N) is 1. The summed E-state index contributed by atoms with van der Waals surface area (Å²) in [5, 5.41) is 0. The summed E-state index contributed by atoms with van der Waals surface area (Å²) in [4.78, 5) is 11.8. The van der Waals surface area contributed by atoms with Gasteiger partial charge < -0.3 is 18.9 Å². The second-order valence-electron chi connectivity index (χ2n) is 5.64. The largest absolute Gasteiger partial charge is 0.454 e. The first-order valence-corrected chi connectivity index (χ1v) is 6.63. The zero-order valence-corrected chi connectivity index (χ0v) is 10.1. The summed E-state index contributed by atoms with van der Waals surface area (Å²) in [6, 6.07) is 0. The first kappa shape index (κ1) is 11.2. The number of carbonyl (C=O) groups excluding carboxylic acids is 1. The molecule has 18 heavy (non-hydrogen) atoms. The fourth-order valence-electron chi connectivity index (χ4n) is 3.47. The summed E-state index contributed by atoms with van der Waals surface area (Å²) >= 11 is 0. The van der Waals surface area contributed by atoms with Crippen molar-refractivity contribution in [1.29, 1.82) is 0 Å². The van der Waals surface area contributed by atoms with Gasteiger partial charge in [0.05, 0.1) is 6.61 Å². The van der Waals surface area contributed by atoms with E-state index in [2.05, 4.69) is 0 Å². The molecule has 2 bridgehead atoms. The van der Waals surface area contributed by atoms with Crippen LogP contribution in [0.1, 0.15) is 32.1 Å². The van der Waals surface area contributed by atoms with Gasteiger partial charge in [0.15, 0.2) is 11.9 Å². The molecule has 6 nitrogen and oxygen atoms in total. The lowest BCUT2D eigenvalue weighted by atomic mass is 9.92. The van der Waals surface area contributed by atoms with E-state index in [0.29, 0.717) is 6.61 Å². The van der Waals surface area contributed by atoms with Crippen molar-refractivity contribution in [3.05, 3.63) is 0 Å². The second-order valence-corrected chi connectivity index (χ2v) is 5.64. The molecule has 0 radical (unpaired) electrons. The number of hydrogen-bond acceptors (Lipinski definition) is 6. The number of rotatable bonds is 0. The molecule has 4 atom stereocenters. The summed E-state index contributed by atoms with van der Waals surface area (Å²) in [5.41, 5.74) is 4.53. The first-order chi connectivity index (χ1) is 8.63. The van der Waals surface area contributed by atoms with Crippen LogP contribution >= 0.6 is 0 Å². The molecule has 5 aliphatic rings. The standard InChI is InChI=1S/C12H17NO5/c13-12-9-8(7(6-15-12)16-10(12)14)17-11(18-9)4-2-1-3-5-11/h7-9H,1-6,13H2/t7-,8-,9-,12+/m1/s1. The molecule has 4 aliphatic heterocycles. The van der Waals surface area contributed by atoms with E-state index >= 15 is 0 Å². The van der Waals surface area contributed by atoms with Gasteiger partial charge in [0.1, 0.15) is 12.2 Å². The Labute approximate surface area is 105 Å². The zero-order valence-electron chi connectivity index (χ0n) is 10.1. The topological polar surface area (TPSA) is 80.0 Å². The predicted octanol–water partition coefficient (Wildman–Crippen LogP) is 0.0414. The van der Waals surface area contributed by atoms with Crippen molar-refractivity contribution in [2.24, 2.45) is 5.73 Å². The number of ether oxygens (including phenoxy) is 4. The molecule has 0 amide bonds. The molecule has 6 heteroatoms. The highest BCUT2D eigenvalue weighted by molar-refractivity contribution is 5.82. The highest BCUT2D eigenvalue weighted by Gasteiger charge is 2.68. The Morgan fingerprint density at radius 2 is 1.94 bits per heavy atom. The average molecular weight is 255 g/mol. The molecular formula is C12H17NO5. The van der Waals surface area contributed by atoms with Crippen LogP contribution in [-0.4, -0.2) is 42.4 Å². The smallest absolute Gasteiger partial charge is 0.357 e. The van der Waals surface area contributed by atoms with Gasteiger partial charge in [-0.1, -0.05) is 6.42 Å². The molecule has 0 aromatic heterocycles. The number of esters is 1. The third-order valence-corrected chi connectivity index (χ3v) is 4.46. The highest BCUT2D eigenvalue weighted by Crippen LogP contribution is 2.48. The summed E-state index contributed by atoms with van der Waals surface area (Å²) in [6.07, 6.45) is 3.89. The molecule has 1 spiro atoms. The number of fused-ring (bicyclic) bond motifs is 2. The Hall–Kier alpha value is -0.690. The van der Waals surface area contributed by atoms with Gasteiger partial charge in [0.25, 0.3) is 0 Å². The van der Waals surface area contributed by atoms with Gasteiger partial charge in [-0.2, -0.15) is 0 Å². The molecule has 0 aromatic rings. The van der Waals surface area contributed by atoms with Crippen LogP contribution in [0.2, 0.25) is 0 Å². The van der Waals surface area contributed by atoms with E-state index in [0.717, 1.165) is 25.7 Å². The molecule has 0 aromatic carbocycles. The Kier molecular flexibility index (Phi) is 2.14. The number of hydrogen-bond donors (Lipinski definition) is 1. The molecule has 4 heterocycles. The van der Waals surface area contributed by atoms with Crippen molar-refractivity contribution in [3.63, 3.8) is 0 Å². The van der Waals surface area contributed by atoms with Gasteiger partial charge in [0.2, 0.25) is 5.72 Å². The van der Waals surface area contributed by atoms with Gasteiger partial charge in [-0.3, -0.25) is 5.73 Å². The van der Waals surface area contributed by atoms with Gasteiger partial charge >= 0.3 is 5.97 Å². The highest BCUT2D eigenvalue weighted by atomic mass is 16.8. The summed E-state index contributed by atoms with van der Waals surface area (Å²) in [7, 11) is 0. The van der Waals surface area contributed by atoms with E-state index in [9.17, 15) is 4.79 Å². The number of carbonyl (C=O) groups is 1. The lowest BCUT2D eigenvalue weighted by molar-refractivity contribution is -0.264. The van der Waals surface area contributed by atoms with Crippen LogP contribution in [-0.2, 0) is 23.7 Å². The van der Waals surface area contributed by atoms with E-state index in [1.165, 1.54) is 6.42 Å². The van der Waals surface area contributed by atoms with E-state index < -0.39 is 23.6 Å². The Morgan fingerprint density at radius 3 is 2.67 bits per heavy atom. The van der Waals surface area contributed by atoms with Crippen molar-refractivity contribution < 1.29 is 23.7 Å². The van der Waals surface area contributed by atoms with Crippen LogP contribution in [0.5, 0.6) is 0 Å². The maximum Gasteiger partial charge on any atom is 0.357 e. The van der Waals surface area contributed by atoms with Crippen molar-refractivity contribution in [1.82, 2.24) is 0 Å². The van der Waals surface area contributed by atoms with Gasteiger partial charge in [-0.25, -0.2) is 4.79 Å². The quantitative estimate of drug-likeness (QED) is 0.616. The van der Waals surface area contributed by atoms with E-state index in [4.69, 9.17) is 24.7 Å². The lowest BCUT2D eigenvalue weighted by Crippen LogP contribution is -2.74. The minimum Gasteiger partial charge on any atom is -0.454 e. The molecule has 100 valence electrons. The van der Waals surface area contributed by atoms with Crippen molar-refractivity contribution in [2.75, 3.05) is 6.61 Å². The van der Waals surface area contributed by atoms with Crippen LogP contribution in [0.15, 0.2) is 0 Å². The van der Waals surface area contributed by atoms with E-state index in [-0.39, 0.29) is 12.2 Å². The minimum absolute atomic E-state index is 0.278. The Morgan fingerprint density at radius 1 is 1.17 bits per heavy atom. The third-order valence-electron chi connectivity index (χ3n) is 4.46. The van der Waals surface area contributed by atoms with Crippen LogP contribution in [0.4, 0.5) is 0 Å². The lowest BCUT2D eigenvalue weighted by Gasteiger charge is -2.47. The molecule has 5 fully saturated rings. The predicted molar refractivity (Wildman–Crippen MR) is 58.3 cm³/mol. The molecular weight excluding hydrogens is 238 g/mol. The maximum absolute atomic E-state index is 11.8. The molecule has 5 rings (SSSR count). The van der Waals surface area contributed by atoms with Crippen LogP contribution in [0.3, 0.4) is 0 Å². The van der Waals surface area contributed by atoms with Crippen molar-refractivity contribution in [2.45, 2.75) is 61.9 Å². The molecule has 1 aliphatic carbocycles. The van der Waals surface area contributed by atoms with Crippen molar-refractivity contribution >= 4 is 5.97 Å². The monoisotopic (exact) mass is 255 g/mol. The summed E-state index contributed by atoms with van der Waals surface area (Å²) < 4.78 is 22.8. The average Bonchev–Trinajstić information content (AvgIpc) is 2.74. The maximum atomic E-state index is 11.8. The molecule has 1 saturated carbocycles. The van der Waals surface area contributed by atoms with Crippen LogP contribution < -0.4 is 5.73 Å². The normalized spacial score (nSPS) is 49.2. The third kappa shape index (κ3) is 1.29. The van der Waals surface area contributed by atoms with Gasteiger partial charge in [-0.15, -0.1) is 0 Å². The van der Waals surface area contributed by atoms with Crippen LogP contribution in [0, 0.1) is 0 Å². The van der Waals surface area contributed by atoms with E-state index in [1.807, 2.05) is 0 Å². The van der Waals surface area contributed by atoms with Crippen molar-refractivity contribution in [3.8, 4) is 0 Å². The fourth-order valence-corrected chi connectivity index (χ4v) is 3.47. The fraction of sp³-hybridized carbons (Fsp3) is 0.917. The van der Waals surface area contributed by atoms with E-state index in [1.54, 1.807) is 0 Å². The Bertz CT molecular complexity index is 394. The van der Waals surface area contributed by atoms with Gasteiger partial charge in [0, 0.05) is 12.8 Å². The zero-order chi connectivity index (χ0) is 12.4. The molecule has 4 saturated heterocycles.